The van der Waals surface area contributed by atoms with Gasteiger partial charge in [-0.25, -0.2) is 0 Å². The maximum Gasteiger partial charge on any atom is 0.224 e. The SMILES string of the molecule is O=C(Cc1cccc(Cl)c1)N[C@@H]1COC[C@@H](O)[C@H]1O. The molecule has 6 heteroatoms. The van der Waals surface area contributed by atoms with Crippen molar-refractivity contribution in [2.75, 3.05) is 13.2 Å². The second-order valence-corrected chi connectivity index (χ2v) is 5.01. The summed E-state index contributed by atoms with van der Waals surface area (Å²) in [7, 11) is 0. The second-order valence-electron chi connectivity index (χ2n) is 4.58. The molecule has 0 saturated carbocycles. The smallest absolute Gasteiger partial charge is 0.224 e. The van der Waals surface area contributed by atoms with Crippen LogP contribution in [0.25, 0.3) is 0 Å². The second kappa shape index (κ2) is 6.34. The summed E-state index contributed by atoms with van der Waals surface area (Å²) in [5, 5.41) is 22.4. The number of benzene rings is 1. The number of carbonyl (C=O) groups is 1. The molecule has 1 fully saturated rings. The van der Waals surface area contributed by atoms with E-state index in [1.165, 1.54) is 0 Å². The number of nitrogens with one attached hydrogen (secondary N) is 1. The molecule has 0 aromatic heterocycles. The van der Waals surface area contributed by atoms with E-state index in [0.29, 0.717) is 5.02 Å². The summed E-state index contributed by atoms with van der Waals surface area (Å²) in [5.74, 6) is -0.246. The first kappa shape index (κ1) is 14.3. The predicted octanol–water partition coefficient (Wildman–Crippen LogP) is 0.119. The highest BCUT2D eigenvalue weighted by Gasteiger charge is 2.32. The standard InChI is InChI=1S/C13H16ClNO4/c14-9-3-1-2-8(4-9)5-12(17)15-10-6-19-7-11(16)13(10)18/h1-4,10-11,13,16,18H,5-7H2,(H,15,17)/t10-,11-,13+/m1/s1. The third-order valence-corrected chi connectivity index (χ3v) is 3.23. The normalized spacial score (nSPS) is 27.0. The van der Waals surface area contributed by atoms with Crippen molar-refractivity contribution in [3.05, 3.63) is 34.9 Å². The van der Waals surface area contributed by atoms with Gasteiger partial charge in [0.1, 0.15) is 12.2 Å². The molecular weight excluding hydrogens is 270 g/mol. The molecule has 3 atom stereocenters. The van der Waals surface area contributed by atoms with Crippen LogP contribution in [0, 0.1) is 0 Å². The minimum absolute atomic E-state index is 0.0851. The molecule has 1 aromatic rings. The van der Waals surface area contributed by atoms with Crippen LogP contribution in [-0.4, -0.2) is 47.6 Å². The molecular formula is C13H16ClNO4. The molecule has 3 N–H and O–H groups in total. The quantitative estimate of drug-likeness (QED) is 0.737. The topological polar surface area (TPSA) is 78.8 Å². The van der Waals surface area contributed by atoms with Gasteiger partial charge in [0, 0.05) is 5.02 Å². The van der Waals surface area contributed by atoms with Gasteiger partial charge in [-0.2, -0.15) is 0 Å². The van der Waals surface area contributed by atoms with Crippen LogP contribution < -0.4 is 5.32 Å². The highest BCUT2D eigenvalue weighted by molar-refractivity contribution is 6.30. The lowest BCUT2D eigenvalue weighted by Crippen LogP contribution is -2.56. The van der Waals surface area contributed by atoms with E-state index in [1.54, 1.807) is 24.3 Å². The van der Waals surface area contributed by atoms with E-state index in [0.717, 1.165) is 5.56 Å². The number of halogens is 1. The zero-order valence-corrected chi connectivity index (χ0v) is 11.0. The molecule has 1 heterocycles. The Bertz CT molecular complexity index is 454. The molecule has 2 rings (SSSR count). The Morgan fingerprint density at radius 1 is 1.42 bits per heavy atom. The summed E-state index contributed by atoms with van der Waals surface area (Å²) in [6.07, 6.45) is -1.80. The Kier molecular flexibility index (Phi) is 4.76. The molecule has 1 aliphatic heterocycles. The van der Waals surface area contributed by atoms with Gasteiger partial charge in [0.2, 0.25) is 5.91 Å². The number of aliphatic hydroxyl groups is 2. The number of ether oxygens (including phenoxy) is 1. The monoisotopic (exact) mass is 285 g/mol. The van der Waals surface area contributed by atoms with Crippen LogP contribution >= 0.6 is 11.6 Å². The van der Waals surface area contributed by atoms with Crippen molar-refractivity contribution < 1.29 is 19.7 Å². The minimum atomic E-state index is -1.00. The Morgan fingerprint density at radius 3 is 2.95 bits per heavy atom. The first-order chi connectivity index (χ1) is 9.06. The zero-order valence-electron chi connectivity index (χ0n) is 10.3. The Labute approximate surface area is 116 Å². The lowest BCUT2D eigenvalue weighted by molar-refractivity contribution is -0.131. The van der Waals surface area contributed by atoms with Crippen molar-refractivity contribution in [1.29, 1.82) is 0 Å². The number of aliphatic hydroxyl groups excluding tert-OH is 2. The number of rotatable bonds is 3. The highest BCUT2D eigenvalue weighted by atomic mass is 35.5. The lowest BCUT2D eigenvalue weighted by atomic mass is 10.0. The molecule has 0 unspecified atom stereocenters. The highest BCUT2D eigenvalue weighted by Crippen LogP contribution is 2.12. The predicted molar refractivity (Wildman–Crippen MR) is 69.9 cm³/mol. The first-order valence-electron chi connectivity index (χ1n) is 6.04. The fraction of sp³-hybridized carbons (Fsp3) is 0.462. The zero-order chi connectivity index (χ0) is 13.8. The van der Waals surface area contributed by atoms with Gasteiger partial charge in [-0.05, 0) is 17.7 Å². The number of amides is 1. The van der Waals surface area contributed by atoms with Gasteiger partial charge in [-0.1, -0.05) is 23.7 Å². The van der Waals surface area contributed by atoms with E-state index < -0.39 is 18.2 Å². The first-order valence-corrected chi connectivity index (χ1v) is 6.42. The summed E-state index contributed by atoms with van der Waals surface area (Å²) in [5.41, 5.74) is 0.789. The molecule has 1 amide bonds. The van der Waals surface area contributed by atoms with Crippen molar-refractivity contribution in [3.63, 3.8) is 0 Å². The van der Waals surface area contributed by atoms with E-state index in [9.17, 15) is 15.0 Å². The summed E-state index contributed by atoms with van der Waals surface area (Å²) >= 11 is 5.84. The summed E-state index contributed by atoms with van der Waals surface area (Å²) in [4.78, 5) is 11.8. The summed E-state index contributed by atoms with van der Waals surface area (Å²) in [6, 6.07) is 6.43. The number of hydrogen-bond donors (Lipinski definition) is 3. The van der Waals surface area contributed by atoms with Crippen molar-refractivity contribution in [1.82, 2.24) is 5.32 Å². The van der Waals surface area contributed by atoms with Crippen LogP contribution in [0.15, 0.2) is 24.3 Å². The van der Waals surface area contributed by atoms with E-state index in [2.05, 4.69) is 5.32 Å². The van der Waals surface area contributed by atoms with Gasteiger partial charge >= 0.3 is 0 Å². The molecule has 19 heavy (non-hydrogen) atoms. The van der Waals surface area contributed by atoms with Crippen LogP contribution in [-0.2, 0) is 16.0 Å². The van der Waals surface area contributed by atoms with E-state index >= 15 is 0 Å². The molecule has 1 saturated heterocycles. The average Bonchev–Trinajstić information content (AvgIpc) is 2.35. The number of hydrogen-bond acceptors (Lipinski definition) is 4. The molecule has 1 aromatic carbocycles. The van der Waals surface area contributed by atoms with Crippen LogP contribution in [0.3, 0.4) is 0 Å². The molecule has 5 nitrogen and oxygen atoms in total. The average molecular weight is 286 g/mol. The van der Waals surface area contributed by atoms with Gasteiger partial charge in [0.25, 0.3) is 0 Å². The van der Waals surface area contributed by atoms with Crippen molar-refractivity contribution in [2.24, 2.45) is 0 Å². The lowest BCUT2D eigenvalue weighted by Gasteiger charge is -2.32. The molecule has 0 aliphatic carbocycles. The van der Waals surface area contributed by atoms with Crippen LogP contribution in [0.5, 0.6) is 0 Å². The van der Waals surface area contributed by atoms with Gasteiger partial charge in [0.15, 0.2) is 0 Å². The summed E-state index contributed by atoms with van der Waals surface area (Å²) in [6.45, 7) is 0.279. The molecule has 0 radical (unpaired) electrons. The Balaban J connectivity index is 1.90. The fourth-order valence-corrected chi connectivity index (χ4v) is 2.21. The van der Waals surface area contributed by atoms with E-state index in [4.69, 9.17) is 16.3 Å². The largest absolute Gasteiger partial charge is 0.388 e. The van der Waals surface area contributed by atoms with E-state index in [-0.39, 0.29) is 25.5 Å². The Hall–Kier alpha value is -1.14. The third kappa shape index (κ3) is 3.91. The van der Waals surface area contributed by atoms with Crippen molar-refractivity contribution in [3.8, 4) is 0 Å². The van der Waals surface area contributed by atoms with E-state index in [1.807, 2.05) is 0 Å². The Morgan fingerprint density at radius 2 is 2.21 bits per heavy atom. The minimum Gasteiger partial charge on any atom is -0.388 e. The van der Waals surface area contributed by atoms with Gasteiger partial charge < -0.3 is 20.3 Å². The van der Waals surface area contributed by atoms with Gasteiger partial charge in [0.05, 0.1) is 25.7 Å². The van der Waals surface area contributed by atoms with Gasteiger partial charge in [-0.3, -0.25) is 4.79 Å². The summed E-state index contributed by atoms with van der Waals surface area (Å²) < 4.78 is 5.09. The van der Waals surface area contributed by atoms with Crippen LogP contribution in [0.2, 0.25) is 5.02 Å². The molecule has 1 aliphatic rings. The maximum absolute atomic E-state index is 11.8. The fourth-order valence-electron chi connectivity index (χ4n) is 2.00. The maximum atomic E-state index is 11.8. The molecule has 0 spiro atoms. The van der Waals surface area contributed by atoms with Crippen LogP contribution in [0.4, 0.5) is 0 Å². The van der Waals surface area contributed by atoms with Gasteiger partial charge in [-0.15, -0.1) is 0 Å². The molecule has 104 valence electrons. The van der Waals surface area contributed by atoms with Crippen LogP contribution in [0.1, 0.15) is 5.56 Å². The van der Waals surface area contributed by atoms with Crippen molar-refractivity contribution in [2.45, 2.75) is 24.7 Å². The van der Waals surface area contributed by atoms with Crippen molar-refractivity contribution >= 4 is 17.5 Å². The third-order valence-electron chi connectivity index (χ3n) is 2.99. The molecule has 0 bridgehead atoms. The number of carbonyl (C=O) groups excluding carboxylic acids is 1.